The molecule has 3 rings (SSSR count). The summed E-state index contributed by atoms with van der Waals surface area (Å²) in [6, 6.07) is 9.61. The summed E-state index contributed by atoms with van der Waals surface area (Å²) in [6.45, 7) is 4.81. The molecule has 2 heteroatoms. The van der Waals surface area contributed by atoms with Crippen molar-refractivity contribution in [2.45, 2.75) is 75.0 Å². The molecule has 0 saturated heterocycles. The van der Waals surface area contributed by atoms with Gasteiger partial charge in [-0.05, 0) is 56.1 Å². The summed E-state index contributed by atoms with van der Waals surface area (Å²) in [6.07, 6.45) is 9.69. The third-order valence-electron chi connectivity index (χ3n) is 5.02. The highest BCUT2D eigenvalue weighted by molar-refractivity contribution is 8.00. The van der Waals surface area contributed by atoms with Crippen LogP contribution in [-0.4, -0.2) is 11.3 Å². The first-order valence-electron chi connectivity index (χ1n) is 8.73. The maximum absolute atomic E-state index is 3.86. The molecular weight excluding hydrogens is 274 g/mol. The molecule has 0 bridgehead atoms. The SMILES string of the molecule is CC1CC(C)CC(Nc2ccccc2SC2CCCC2)C1. The minimum absolute atomic E-state index is 0.661. The van der Waals surface area contributed by atoms with Gasteiger partial charge in [0.1, 0.15) is 0 Å². The van der Waals surface area contributed by atoms with E-state index in [4.69, 9.17) is 0 Å². The van der Waals surface area contributed by atoms with Crippen molar-refractivity contribution in [1.29, 1.82) is 0 Å². The second-order valence-corrected chi connectivity index (χ2v) is 8.62. The molecule has 0 aromatic heterocycles. The van der Waals surface area contributed by atoms with Crippen LogP contribution in [0, 0.1) is 11.8 Å². The van der Waals surface area contributed by atoms with E-state index in [9.17, 15) is 0 Å². The first-order valence-corrected chi connectivity index (χ1v) is 9.61. The lowest BCUT2D eigenvalue weighted by Crippen LogP contribution is -2.30. The topological polar surface area (TPSA) is 12.0 Å². The normalized spacial score (nSPS) is 30.5. The van der Waals surface area contributed by atoms with E-state index in [1.807, 2.05) is 0 Å². The Morgan fingerprint density at radius 2 is 1.62 bits per heavy atom. The Hall–Kier alpha value is -0.630. The molecule has 21 heavy (non-hydrogen) atoms. The van der Waals surface area contributed by atoms with Crippen molar-refractivity contribution in [1.82, 2.24) is 0 Å². The smallest absolute Gasteiger partial charge is 0.0480 e. The molecule has 2 saturated carbocycles. The Kier molecular flexibility index (Phi) is 5.15. The summed E-state index contributed by atoms with van der Waals surface area (Å²) in [7, 11) is 0. The van der Waals surface area contributed by atoms with E-state index in [1.54, 1.807) is 0 Å². The molecule has 2 aliphatic carbocycles. The van der Waals surface area contributed by atoms with Gasteiger partial charge in [0.2, 0.25) is 0 Å². The Morgan fingerprint density at radius 3 is 2.33 bits per heavy atom. The Bertz CT molecular complexity index is 443. The zero-order valence-corrected chi connectivity index (χ0v) is 14.3. The molecule has 116 valence electrons. The van der Waals surface area contributed by atoms with E-state index in [2.05, 4.69) is 55.2 Å². The number of benzene rings is 1. The molecule has 2 unspecified atom stereocenters. The Morgan fingerprint density at radius 1 is 0.952 bits per heavy atom. The first-order chi connectivity index (χ1) is 10.2. The average molecular weight is 304 g/mol. The van der Waals surface area contributed by atoms with Crippen LogP contribution in [0.5, 0.6) is 0 Å². The second-order valence-electron chi connectivity index (χ2n) is 7.28. The van der Waals surface area contributed by atoms with Gasteiger partial charge in [0.25, 0.3) is 0 Å². The number of nitrogens with one attached hydrogen (secondary N) is 1. The summed E-state index contributed by atoms with van der Waals surface area (Å²) >= 11 is 2.11. The number of rotatable bonds is 4. The van der Waals surface area contributed by atoms with Crippen LogP contribution in [0.4, 0.5) is 5.69 Å². The van der Waals surface area contributed by atoms with Crippen LogP contribution in [0.15, 0.2) is 29.2 Å². The molecule has 0 amide bonds. The van der Waals surface area contributed by atoms with Crippen LogP contribution < -0.4 is 5.32 Å². The summed E-state index contributed by atoms with van der Waals surface area (Å²) in [4.78, 5) is 1.47. The number of hydrogen-bond donors (Lipinski definition) is 1. The standard InChI is InChI=1S/C19H29NS/c1-14-11-15(2)13-16(12-14)20-18-9-5-6-10-19(18)21-17-7-3-4-8-17/h5-6,9-10,14-17,20H,3-4,7-8,11-13H2,1-2H3. The minimum Gasteiger partial charge on any atom is -0.381 e. The third-order valence-corrected chi connectivity index (χ3v) is 6.44. The van der Waals surface area contributed by atoms with Crippen molar-refractivity contribution in [3.8, 4) is 0 Å². The third kappa shape index (κ3) is 4.18. The van der Waals surface area contributed by atoms with E-state index in [1.165, 1.54) is 55.5 Å². The fourth-order valence-electron chi connectivity index (χ4n) is 4.16. The molecule has 0 heterocycles. The van der Waals surface area contributed by atoms with Gasteiger partial charge in [0.15, 0.2) is 0 Å². The highest BCUT2D eigenvalue weighted by Gasteiger charge is 2.24. The van der Waals surface area contributed by atoms with Gasteiger partial charge in [0, 0.05) is 21.9 Å². The maximum Gasteiger partial charge on any atom is 0.0480 e. The molecule has 1 aromatic rings. The predicted octanol–water partition coefficient (Wildman–Crippen LogP) is 5.96. The van der Waals surface area contributed by atoms with Gasteiger partial charge in [0.05, 0.1) is 0 Å². The zero-order chi connectivity index (χ0) is 14.7. The molecule has 1 nitrogen and oxygen atoms in total. The second kappa shape index (κ2) is 7.09. The molecule has 0 radical (unpaired) electrons. The lowest BCUT2D eigenvalue weighted by molar-refractivity contribution is 0.280. The monoisotopic (exact) mass is 303 g/mol. The summed E-state index contributed by atoms with van der Waals surface area (Å²) in [5.74, 6) is 1.72. The highest BCUT2D eigenvalue weighted by Crippen LogP contribution is 2.39. The largest absolute Gasteiger partial charge is 0.381 e. The number of thioether (sulfide) groups is 1. The average Bonchev–Trinajstić information content (AvgIpc) is 2.93. The van der Waals surface area contributed by atoms with Crippen molar-refractivity contribution in [3.05, 3.63) is 24.3 Å². The van der Waals surface area contributed by atoms with E-state index in [-0.39, 0.29) is 0 Å². The zero-order valence-electron chi connectivity index (χ0n) is 13.5. The number of para-hydroxylation sites is 1. The fraction of sp³-hybridized carbons (Fsp3) is 0.684. The van der Waals surface area contributed by atoms with E-state index in [0.29, 0.717) is 6.04 Å². The van der Waals surface area contributed by atoms with Crippen LogP contribution in [0.3, 0.4) is 0 Å². The molecule has 1 aromatic carbocycles. The van der Waals surface area contributed by atoms with Gasteiger partial charge in [-0.15, -0.1) is 11.8 Å². The van der Waals surface area contributed by atoms with Gasteiger partial charge < -0.3 is 5.32 Å². The van der Waals surface area contributed by atoms with Gasteiger partial charge in [-0.2, -0.15) is 0 Å². The van der Waals surface area contributed by atoms with Gasteiger partial charge in [-0.25, -0.2) is 0 Å². The first kappa shape index (κ1) is 15.3. The minimum atomic E-state index is 0.661. The Balaban J connectivity index is 1.66. The lowest BCUT2D eigenvalue weighted by Gasteiger charge is -2.33. The van der Waals surface area contributed by atoms with E-state index < -0.39 is 0 Å². The molecule has 2 fully saturated rings. The summed E-state index contributed by atoms with van der Waals surface area (Å²) in [5, 5.41) is 4.71. The van der Waals surface area contributed by atoms with Crippen molar-refractivity contribution in [2.75, 3.05) is 5.32 Å². The predicted molar refractivity (Wildman–Crippen MR) is 94.1 cm³/mol. The maximum atomic E-state index is 3.86. The molecular formula is C19H29NS. The highest BCUT2D eigenvalue weighted by atomic mass is 32.2. The van der Waals surface area contributed by atoms with Crippen LogP contribution in [0.2, 0.25) is 0 Å². The molecule has 1 N–H and O–H groups in total. The van der Waals surface area contributed by atoms with Crippen LogP contribution in [0.1, 0.15) is 58.8 Å². The van der Waals surface area contributed by atoms with Crippen molar-refractivity contribution in [3.63, 3.8) is 0 Å². The molecule has 2 atom stereocenters. The quantitative estimate of drug-likeness (QED) is 0.736. The van der Waals surface area contributed by atoms with Crippen molar-refractivity contribution < 1.29 is 0 Å². The van der Waals surface area contributed by atoms with Crippen LogP contribution in [-0.2, 0) is 0 Å². The summed E-state index contributed by atoms with van der Waals surface area (Å²) < 4.78 is 0. The van der Waals surface area contributed by atoms with Crippen LogP contribution >= 0.6 is 11.8 Å². The number of anilines is 1. The summed E-state index contributed by atoms with van der Waals surface area (Å²) in [5.41, 5.74) is 1.38. The number of hydrogen-bond acceptors (Lipinski definition) is 2. The lowest BCUT2D eigenvalue weighted by atomic mass is 9.80. The van der Waals surface area contributed by atoms with Crippen molar-refractivity contribution in [2.24, 2.45) is 11.8 Å². The van der Waals surface area contributed by atoms with Crippen molar-refractivity contribution >= 4 is 17.4 Å². The van der Waals surface area contributed by atoms with E-state index >= 15 is 0 Å². The molecule has 2 aliphatic rings. The van der Waals surface area contributed by atoms with Gasteiger partial charge in [-0.1, -0.05) is 38.8 Å². The Labute approximate surface area is 134 Å². The van der Waals surface area contributed by atoms with E-state index in [0.717, 1.165) is 17.1 Å². The fourth-order valence-corrected chi connectivity index (χ4v) is 5.50. The van der Waals surface area contributed by atoms with Gasteiger partial charge in [-0.3, -0.25) is 0 Å². The molecule has 0 spiro atoms. The van der Waals surface area contributed by atoms with Crippen LogP contribution in [0.25, 0.3) is 0 Å². The van der Waals surface area contributed by atoms with Gasteiger partial charge >= 0.3 is 0 Å². The molecule has 0 aliphatic heterocycles.